The van der Waals surface area contributed by atoms with Crippen molar-refractivity contribution in [1.82, 2.24) is 0 Å². The van der Waals surface area contributed by atoms with Gasteiger partial charge in [0.2, 0.25) is 0 Å². The maximum Gasteiger partial charge on any atom is -0.000719 e. The highest BCUT2D eigenvalue weighted by Crippen LogP contribution is 2.59. The van der Waals surface area contributed by atoms with Gasteiger partial charge in [0.25, 0.3) is 0 Å². The molecule has 0 aliphatic heterocycles. The first-order valence-corrected chi connectivity index (χ1v) is 19.8. The highest BCUT2D eigenvalue weighted by atomic mass is 14.3. The molecule has 56 heavy (non-hydrogen) atoms. The summed E-state index contributed by atoms with van der Waals surface area (Å²) in [4.78, 5) is 0. The van der Waals surface area contributed by atoms with E-state index in [4.69, 9.17) is 0 Å². The van der Waals surface area contributed by atoms with Crippen LogP contribution >= 0.6 is 0 Å². The first kappa shape index (κ1) is 32.7. The van der Waals surface area contributed by atoms with E-state index < -0.39 is 0 Å². The molecule has 264 valence electrons. The van der Waals surface area contributed by atoms with E-state index in [9.17, 15) is 0 Å². The number of aryl methyl sites for hydroxylation is 4. The second-order valence-electron chi connectivity index (χ2n) is 15.7. The van der Waals surface area contributed by atoms with Crippen molar-refractivity contribution in [2.75, 3.05) is 0 Å². The van der Waals surface area contributed by atoms with Crippen LogP contribution in [-0.4, -0.2) is 0 Å². The van der Waals surface area contributed by atoms with Gasteiger partial charge in [0.05, 0.1) is 0 Å². The van der Waals surface area contributed by atoms with Crippen LogP contribution in [0.1, 0.15) is 22.3 Å². The molecular formula is C56H40. The Kier molecular flexibility index (Phi) is 7.22. The highest BCUT2D eigenvalue weighted by molar-refractivity contribution is 6.33. The fourth-order valence-electron chi connectivity index (χ4n) is 10.2. The van der Waals surface area contributed by atoms with E-state index in [0.29, 0.717) is 0 Å². The summed E-state index contributed by atoms with van der Waals surface area (Å²) in [6.07, 6.45) is 0. The summed E-state index contributed by atoms with van der Waals surface area (Å²) in [6.45, 7) is 8.97. The molecule has 11 rings (SSSR count). The average molecular weight is 713 g/mol. The topological polar surface area (TPSA) is 0 Å². The number of hydrogen-bond acceptors (Lipinski definition) is 0. The summed E-state index contributed by atoms with van der Waals surface area (Å²) in [5.41, 5.74) is 20.8. The van der Waals surface area contributed by atoms with Gasteiger partial charge in [-0.2, -0.15) is 0 Å². The third-order valence-electron chi connectivity index (χ3n) is 12.5. The lowest BCUT2D eigenvalue weighted by Crippen LogP contribution is -1.95. The summed E-state index contributed by atoms with van der Waals surface area (Å²) in [5.74, 6) is 0. The molecule has 0 heteroatoms. The van der Waals surface area contributed by atoms with E-state index in [2.05, 4.69) is 198 Å². The van der Waals surface area contributed by atoms with Gasteiger partial charge in [-0.3, -0.25) is 0 Å². The van der Waals surface area contributed by atoms with Gasteiger partial charge in [0.1, 0.15) is 0 Å². The summed E-state index contributed by atoms with van der Waals surface area (Å²) in [5, 5.41) is 10.4. The van der Waals surface area contributed by atoms with Crippen molar-refractivity contribution in [3.63, 3.8) is 0 Å². The Bertz CT molecular complexity index is 3210. The monoisotopic (exact) mass is 712 g/mol. The van der Waals surface area contributed by atoms with E-state index in [-0.39, 0.29) is 0 Å². The minimum Gasteiger partial charge on any atom is -0.0622 e. The van der Waals surface area contributed by atoms with Gasteiger partial charge in [0.15, 0.2) is 0 Å². The van der Waals surface area contributed by atoms with Gasteiger partial charge in [-0.25, -0.2) is 0 Å². The number of rotatable bonds is 4. The van der Waals surface area contributed by atoms with Crippen molar-refractivity contribution in [2.24, 2.45) is 0 Å². The molecule has 1 aliphatic rings. The smallest absolute Gasteiger partial charge is 0.000719 e. The molecule has 0 unspecified atom stereocenters. The number of hydrogen-bond donors (Lipinski definition) is 0. The van der Waals surface area contributed by atoms with Crippen LogP contribution in [0.2, 0.25) is 0 Å². The van der Waals surface area contributed by atoms with Crippen molar-refractivity contribution >= 4 is 43.1 Å². The quantitative estimate of drug-likeness (QED) is 0.159. The number of fused-ring (bicyclic) bond motifs is 8. The third-order valence-corrected chi connectivity index (χ3v) is 12.5. The molecule has 0 amide bonds. The maximum atomic E-state index is 2.53. The van der Waals surface area contributed by atoms with Gasteiger partial charge in [-0.05, 0) is 178 Å². The van der Waals surface area contributed by atoms with Crippen molar-refractivity contribution < 1.29 is 0 Å². The second-order valence-corrected chi connectivity index (χ2v) is 15.7. The van der Waals surface area contributed by atoms with Crippen LogP contribution in [0.4, 0.5) is 0 Å². The lowest BCUT2D eigenvalue weighted by Gasteiger charge is -2.22. The average Bonchev–Trinajstić information content (AvgIpc) is 3.54. The first-order chi connectivity index (χ1) is 27.5. The Labute approximate surface area is 328 Å². The molecule has 0 saturated heterocycles. The molecule has 0 atom stereocenters. The Morgan fingerprint density at radius 1 is 0.232 bits per heavy atom. The van der Waals surface area contributed by atoms with Gasteiger partial charge < -0.3 is 0 Å². The maximum absolute atomic E-state index is 2.53. The van der Waals surface area contributed by atoms with Gasteiger partial charge in [0, 0.05) is 0 Å². The van der Waals surface area contributed by atoms with Crippen LogP contribution in [-0.2, 0) is 0 Å². The lowest BCUT2D eigenvalue weighted by molar-refractivity contribution is 1.38. The Balaban J connectivity index is 1.34. The molecule has 0 radical (unpaired) electrons. The summed E-state index contributed by atoms with van der Waals surface area (Å²) >= 11 is 0. The molecule has 10 aromatic carbocycles. The second kappa shape index (κ2) is 12.4. The highest BCUT2D eigenvalue weighted by Gasteiger charge is 2.32. The molecule has 0 saturated carbocycles. The zero-order valence-corrected chi connectivity index (χ0v) is 32.2. The van der Waals surface area contributed by atoms with E-state index in [1.54, 1.807) is 0 Å². The van der Waals surface area contributed by atoms with Crippen molar-refractivity contribution in [1.29, 1.82) is 0 Å². The van der Waals surface area contributed by atoms with Gasteiger partial charge in [-0.15, -0.1) is 0 Å². The Morgan fingerprint density at radius 3 is 1.39 bits per heavy atom. The van der Waals surface area contributed by atoms with Crippen LogP contribution in [0.3, 0.4) is 0 Å². The van der Waals surface area contributed by atoms with E-state index in [1.165, 1.54) is 132 Å². The van der Waals surface area contributed by atoms with Crippen LogP contribution in [0.25, 0.3) is 110 Å². The fourth-order valence-corrected chi connectivity index (χ4v) is 10.2. The molecule has 0 heterocycles. The molecule has 0 N–H and O–H groups in total. The minimum absolute atomic E-state index is 1.24. The normalized spacial score (nSPS) is 11.9. The molecule has 0 spiro atoms. The van der Waals surface area contributed by atoms with Crippen LogP contribution < -0.4 is 0 Å². The standard InChI is InChI=1S/C56H40/c1-33-16-13-17-34(2)50(33)39-28-29-43-47(30-39)53(38-22-9-6-10-23-38)55-44-27-15-26-42-46-31-48(51-35(3)18-14-19-36(51)4)41-25-12-11-24-40(41)45(46)32-49(54(42)44)56(55)52(43)37-20-7-5-8-21-37/h5-32H,1-4H3. The molecular weight excluding hydrogens is 673 g/mol. The van der Waals surface area contributed by atoms with Crippen LogP contribution in [0, 0.1) is 27.7 Å². The van der Waals surface area contributed by atoms with Crippen LogP contribution in [0.15, 0.2) is 170 Å². The zero-order chi connectivity index (χ0) is 37.7. The third kappa shape index (κ3) is 4.66. The molecule has 0 nitrogen and oxygen atoms in total. The van der Waals surface area contributed by atoms with Crippen LogP contribution in [0.5, 0.6) is 0 Å². The van der Waals surface area contributed by atoms with Crippen molar-refractivity contribution in [2.45, 2.75) is 27.7 Å². The van der Waals surface area contributed by atoms with Crippen molar-refractivity contribution in [3.8, 4) is 66.8 Å². The Hall–Kier alpha value is -6.76. The van der Waals surface area contributed by atoms with Gasteiger partial charge in [-0.1, -0.05) is 152 Å². The predicted octanol–water partition coefficient (Wildman–Crippen LogP) is 15.8. The summed E-state index contributed by atoms with van der Waals surface area (Å²) in [7, 11) is 0. The summed E-state index contributed by atoms with van der Waals surface area (Å²) in [6, 6.07) is 63.8. The molecule has 0 aromatic heterocycles. The minimum atomic E-state index is 1.24. The van der Waals surface area contributed by atoms with E-state index in [1.807, 2.05) is 0 Å². The van der Waals surface area contributed by atoms with E-state index >= 15 is 0 Å². The largest absolute Gasteiger partial charge is 0.0622 e. The van der Waals surface area contributed by atoms with E-state index in [0.717, 1.165) is 0 Å². The molecule has 1 aliphatic carbocycles. The SMILES string of the molecule is Cc1cccc(C)c1-c1ccc2c(-c3ccccc3)c3c(c(-c4ccccc4)c2c1)-c1cccc2c1c-3cc1c3ccccc3c(-c3c(C)cccc3C)cc21. The summed E-state index contributed by atoms with van der Waals surface area (Å²) < 4.78 is 0. The van der Waals surface area contributed by atoms with Crippen molar-refractivity contribution in [3.05, 3.63) is 192 Å². The number of benzene rings is 10. The van der Waals surface area contributed by atoms with Gasteiger partial charge >= 0.3 is 0 Å². The Morgan fingerprint density at radius 2 is 0.732 bits per heavy atom. The first-order valence-electron chi connectivity index (χ1n) is 19.8. The lowest BCUT2D eigenvalue weighted by atomic mass is 9.81. The predicted molar refractivity (Wildman–Crippen MR) is 242 cm³/mol. The zero-order valence-electron chi connectivity index (χ0n) is 32.2. The molecule has 10 aromatic rings. The molecule has 0 bridgehead atoms. The fraction of sp³-hybridized carbons (Fsp3) is 0.0714. The molecule has 0 fully saturated rings.